The zero-order chi connectivity index (χ0) is 14.1. The van der Waals surface area contributed by atoms with Crippen molar-refractivity contribution in [1.82, 2.24) is 10.3 Å². The van der Waals surface area contributed by atoms with E-state index >= 15 is 0 Å². The van der Waals surface area contributed by atoms with Crippen LogP contribution < -0.4 is 5.32 Å². The Morgan fingerprint density at radius 2 is 2.10 bits per heavy atom. The number of aromatic amines is 1. The van der Waals surface area contributed by atoms with Crippen LogP contribution in [0.3, 0.4) is 0 Å². The molecule has 1 aliphatic carbocycles. The van der Waals surface area contributed by atoms with Gasteiger partial charge in [0.1, 0.15) is 0 Å². The van der Waals surface area contributed by atoms with E-state index in [9.17, 15) is 0 Å². The van der Waals surface area contributed by atoms with Crippen LogP contribution in [0.2, 0.25) is 0 Å². The number of fused-ring (bicyclic) bond motifs is 3. The first kappa shape index (κ1) is 13.7. The minimum atomic E-state index is 0.531. The summed E-state index contributed by atoms with van der Waals surface area (Å²) in [5.74, 6) is 1.36. The second kappa shape index (κ2) is 6.05. The van der Waals surface area contributed by atoms with Gasteiger partial charge in [-0.3, -0.25) is 0 Å². The maximum Gasteiger partial charge on any atom is 0.0476 e. The van der Waals surface area contributed by atoms with Gasteiger partial charge in [-0.1, -0.05) is 24.6 Å². The Bertz CT molecular complexity index is 613. The van der Waals surface area contributed by atoms with Crippen molar-refractivity contribution < 1.29 is 0 Å². The van der Waals surface area contributed by atoms with Crippen molar-refractivity contribution in [3.63, 3.8) is 0 Å². The van der Waals surface area contributed by atoms with Crippen LogP contribution in [-0.4, -0.2) is 22.5 Å². The molecule has 1 aromatic heterocycles. The van der Waals surface area contributed by atoms with Crippen molar-refractivity contribution in [3.05, 3.63) is 35.5 Å². The third kappa shape index (κ3) is 2.74. The molecule has 4 rings (SSSR count). The number of benzene rings is 1. The Kier molecular flexibility index (Phi) is 3.95. The highest BCUT2D eigenvalue weighted by Gasteiger charge is 2.25. The minimum absolute atomic E-state index is 0.531. The van der Waals surface area contributed by atoms with Crippen LogP contribution in [0, 0.1) is 0 Å². The highest BCUT2D eigenvalue weighted by Crippen LogP contribution is 2.35. The van der Waals surface area contributed by atoms with E-state index in [4.69, 9.17) is 0 Å². The van der Waals surface area contributed by atoms with E-state index in [1.807, 2.05) is 0 Å². The van der Waals surface area contributed by atoms with E-state index in [0.717, 1.165) is 5.25 Å². The highest BCUT2D eigenvalue weighted by molar-refractivity contribution is 7.99. The third-order valence-electron chi connectivity index (χ3n) is 4.98. The van der Waals surface area contributed by atoms with E-state index < -0.39 is 0 Å². The van der Waals surface area contributed by atoms with Gasteiger partial charge >= 0.3 is 0 Å². The van der Waals surface area contributed by atoms with Crippen LogP contribution in [0.25, 0.3) is 10.9 Å². The van der Waals surface area contributed by atoms with Crippen LogP contribution in [0.5, 0.6) is 0 Å². The fourth-order valence-corrected chi connectivity index (χ4v) is 5.11. The molecule has 3 heteroatoms. The summed E-state index contributed by atoms with van der Waals surface area (Å²) < 4.78 is 0. The van der Waals surface area contributed by atoms with Gasteiger partial charge in [-0.2, -0.15) is 11.8 Å². The standard InChI is InChI=1S/C18H24N2S/c1-2-9-16-14(7-1)15-8-5-10-17(18(15)20-16)19-12-13-6-3-4-11-21-13/h1-2,7,9,13,17,19-20H,3-6,8,10-12H2. The number of H-pyrrole nitrogens is 1. The van der Waals surface area contributed by atoms with Crippen LogP contribution in [0.15, 0.2) is 24.3 Å². The summed E-state index contributed by atoms with van der Waals surface area (Å²) in [6, 6.07) is 9.30. The summed E-state index contributed by atoms with van der Waals surface area (Å²) >= 11 is 2.17. The minimum Gasteiger partial charge on any atom is -0.357 e. The molecule has 2 atom stereocenters. The van der Waals surface area contributed by atoms with Crippen molar-refractivity contribution in [1.29, 1.82) is 0 Å². The molecular weight excluding hydrogens is 276 g/mol. The highest BCUT2D eigenvalue weighted by atomic mass is 32.2. The lowest BCUT2D eigenvalue weighted by Gasteiger charge is -2.28. The summed E-state index contributed by atoms with van der Waals surface area (Å²) in [5.41, 5.74) is 4.33. The van der Waals surface area contributed by atoms with Crippen LogP contribution in [0.1, 0.15) is 49.4 Å². The molecular formula is C18H24N2S. The van der Waals surface area contributed by atoms with E-state index in [-0.39, 0.29) is 0 Å². The van der Waals surface area contributed by atoms with E-state index in [1.54, 1.807) is 5.56 Å². The Hall–Kier alpha value is -0.930. The van der Waals surface area contributed by atoms with E-state index in [1.165, 1.54) is 67.4 Å². The maximum atomic E-state index is 3.86. The Balaban J connectivity index is 1.52. The number of hydrogen-bond donors (Lipinski definition) is 2. The first-order valence-corrected chi connectivity index (χ1v) is 9.41. The smallest absolute Gasteiger partial charge is 0.0476 e. The molecule has 0 bridgehead atoms. The SMILES string of the molecule is c1ccc2c3c([nH]c2c1)C(NCC1CCCCS1)CCC3. The molecule has 2 aromatic rings. The Labute approximate surface area is 131 Å². The molecule has 2 nitrogen and oxygen atoms in total. The molecule has 2 unspecified atom stereocenters. The van der Waals surface area contributed by atoms with Gasteiger partial charge in [0.2, 0.25) is 0 Å². The number of rotatable bonds is 3. The maximum absolute atomic E-state index is 3.86. The molecule has 21 heavy (non-hydrogen) atoms. The summed E-state index contributed by atoms with van der Waals surface area (Å²) in [5, 5.41) is 6.12. The molecule has 1 aromatic carbocycles. The molecule has 2 heterocycles. The topological polar surface area (TPSA) is 27.8 Å². The summed E-state index contributed by atoms with van der Waals surface area (Å²) in [6.07, 6.45) is 8.04. The molecule has 2 N–H and O–H groups in total. The number of aryl methyl sites for hydroxylation is 1. The lowest BCUT2D eigenvalue weighted by molar-refractivity contribution is 0.445. The summed E-state index contributed by atoms with van der Waals surface area (Å²) in [6.45, 7) is 1.17. The van der Waals surface area contributed by atoms with Gasteiger partial charge in [-0.05, 0) is 49.5 Å². The predicted octanol–water partition coefficient (Wildman–Crippen LogP) is 4.42. The molecule has 112 valence electrons. The Morgan fingerprint density at radius 3 is 3.00 bits per heavy atom. The van der Waals surface area contributed by atoms with Crippen LogP contribution in [0.4, 0.5) is 0 Å². The summed E-state index contributed by atoms with van der Waals surface area (Å²) in [7, 11) is 0. The molecule has 0 spiro atoms. The average Bonchev–Trinajstić information content (AvgIpc) is 2.93. The number of aromatic nitrogens is 1. The number of nitrogens with one attached hydrogen (secondary N) is 2. The number of hydrogen-bond acceptors (Lipinski definition) is 2. The van der Waals surface area contributed by atoms with Gasteiger partial charge < -0.3 is 10.3 Å². The first-order valence-electron chi connectivity index (χ1n) is 8.36. The van der Waals surface area contributed by atoms with Gasteiger partial charge in [0, 0.05) is 34.4 Å². The third-order valence-corrected chi connectivity index (χ3v) is 6.38. The van der Waals surface area contributed by atoms with Crippen molar-refractivity contribution >= 4 is 22.7 Å². The van der Waals surface area contributed by atoms with Crippen molar-refractivity contribution in [3.8, 4) is 0 Å². The van der Waals surface area contributed by atoms with Crippen molar-refractivity contribution in [2.45, 2.75) is 49.8 Å². The second-order valence-corrected chi connectivity index (χ2v) is 7.81. The fraction of sp³-hybridized carbons (Fsp3) is 0.556. The summed E-state index contributed by atoms with van der Waals surface area (Å²) in [4.78, 5) is 3.68. The lowest BCUT2D eigenvalue weighted by Crippen LogP contribution is -2.32. The largest absolute Gasteiger partial charge is 0.357 e. The van der Waals surface area contributed by atoms with Gasteiger partial charge in [-0.25, -0.2) is 0 Å². The monoisotopic (exact) mass is 300 g/mol. The average molecular weight is 300 g/mol. The Morgan fingerprint density at radius 1 is 1.14 bits per heavy atom. The van der Waals surface area contributed by atoms with Gasteiger partial charge in [0.15, 0.2) is 0 Å². The normalized spacial score (nSPS) is 25.9. The second-order valence-electron chi connectivity index (χ2n) is 6.40. The first-order chi connectivity index (χ1) is 10.4. The zero-order valence-electron chi connectivity index (χ0n) is 12.5. The number of thioether (sulfide) groups is 1. The number of para-hydroxylation sites is 1. The van der Waals surface area contributed by atoms with Gasteiger partial charge in [-0.15, -0.1) is 0 Å². The molecule has 0 saturated carbocycles. The lowest BCUT2D eigenvalue weighted by atomic mass is 9.91. The van der Waals surface area contributed by atoms with Gasteiger partial charge in [0.05, 0.1) is 0 Å². The zero-order valence-corrected chi connectivity index (χ0v) is 13.3. The van der Waals surface area contributed by atoms with Gasteiger partial charge in [0.25, 0.3) is 0 Å². The predicted molar refractivity (Wildman–Crippen MR) is 92.1 cm³/mol. The molecule has 0 amide bonds. The molecule has 0 radical (unpaired) electrons. The van der Waals surface area contributed by atoms with Crippen LogP contribution in [-0.2, 0) is 6.42 Å². The van der Waals surface area contributed by atoms with E-state index in [0.29, 0.717) is 6.04 Å². The fourth-order valence-electron chi connectivity index (χ4n) is 3.86. The van der Waals surface area contributed by atoms with E-state index in [2.05, 4.69) is 46.3 Å². The van der Waals surface area contributed by atoms with Crippen LogP contribution >= 0.6 is 11.8 Å². The van der Waals surface area contributed by atoms with Crippen molar-refractivity contribution in [2.24, 2.45) is 0 Å². The van der Waals surface area contributed by atoms with Crippen molar-refractivity contribution in [2.75, 3.05) is 12.3 Å². The molecule has 1 fully saturated rings. The molecule has 1 saturated heterocycles. The molecule has 1 aliphatic heterocycles. The quantitative estimate of drug-likeness (QED) is 0.878. The molecule has 2 aliphatic rings.